The van der Waals surface area contributed by atoms with Gasteiger partial charge in [-0.2, -0.15) is 0 Å². The van der Waals surface area contributed by atoms with Crippen LogP contribution in [0.3, 0.4) is 0 Å². The molecule has 0 saturated carbocycles. The molecule has 0 aliphatic carbocycles. The molecule has 1 aromatic rings. The molecule has 0 aliphatic heterocycles. The van der Waals surface area contributed by atoms with Crippen LogP contribution in [-0.2, 0) is 0 Å². The van der Waals surface area contributed by atoms with Crippen molar-refractivity contribution in [1.82, 2.24) is 0 Å². The molecule has 0 aromatic heterocycles. The van der Waals surface area contributed by atoms with Crippen LogP contribution in [0, 0.1) is 5.92 Å². The molecule has 0 spiro atoms. The second-order valence-corrected chi connectivity index (χ2v) is 5.29. The third kappa shape index (κ3) is 6.14. The first kappa shape index (κ1) is 16.6. The van der Waals surface area contributed by atoms with Crippen molar-refractivity contribution >= 4 is 27.6 Å². The fourth-order valence-corrected chi connectivity index (χ4v) is 1.71. The number of alkyl halides is 3. The highest BCUT2D eigenvalue weighted by atomic mass is 79.9. The van der Waals surface area contributed by atoms with Gasteiger partial charge >= 0.3 is 6.36 Å². The maximum absolute atomic E-state index is 12.1. The smallest absolute Gasteiger partial charge is 0.405 e. The van der Waals surface area contributed by atoms with E-state index in [1.54, 1.807) is 0 Å². The Kier molecular flexibility index (Phi) is 5.67. The minimum atomic E-state index is -4.73. The molecular formula is C12H15BrF3N3O. The molecule has 0 aliphatic rings. The van der Waals surface area contributed by atoms with E-state index in [1.165, 1.54) is 18.2 Å². The molecule has 0 amide bonds. The van der Waals surface area contributed by atoms with Crippen molar-refractivity contribution in [1.29, 1.82) is 0 Å². The first-order valence-electron chi connectivity index (χ1n) is 5.79. The van der Waals surface area contributed by atoms with Gasteiger partial charge in [0.1, 0.15) is 5.75 Å². The van der Waals surface area contributed by atoms with Crippen molar-refractivity contribution < 1.29 is 17.9 Å². The number of aliphatic imine (C=N–C) groups is 1. The Balaban J connectivity index is 2.75. The van der Waals surface area contributed by atoms with Crippen LogP contribution < -0.4 is 15.8 Å². The highest BCUT2D eigenvalue weighted by molar-refractivity contribution is 9.10. The van der Waals surface area contributed by atoms with E-state index >= 15 is 0 Å². The van der Waals surface area contributed by atoms with Gasteiger partial charge in [-0.3, -0.25) is 4.99 Å². The first-order valence-corrected chi connectivity index (χ1v) is 6.59. The Labute approximate surface area is 123 Å². The van der Waals surface area contributed by atoms with Crippen LogP contribution in [0.15, 0.2) is 27.7 Å². The lowest BCUT2D eigenvalue weighted by molar-refractivity contribution is -0.274. The van der Waals surface area contributed by atoms with Gasteiger partial charge in [0.25, 0.3) is 0 Å². The Morgan fingerprint density at radius 2 is 2.10 bits per heavy atom. The number of halogens is 4. The Bertz CT molecular complexity index is 489. The summed E-state index contributed by atoms with van der Waals surface area (Å²) in [6.07, 6.45) is -4.73. The van der Waals surface area contributed by atoms with Crippen LogP contribution in [0.1, 0.15) is 13.8 Å². The molecule has 20 heavy (non-hydrogen) atoms. The standard InChI is InChI=1S/C12H15BrF3N3O/c1-7(2)6-18-11(17)19-8-3-4-10(9(13)5-8)20-12(14,15)16/h3-5,7H,6H2,1-2H3,(H3,17,18,19). The van der Waals surface area contributed by atoms with Crippen LogP contribution in [0.25, 0.3) is 0 Å². The van der Waals surface area contributed by atoms with E-state index in [2.05, 4.69) is 31.0 Å². The fraction of sp³-hybridized carbons (Fsp3) is 0.417. The van der Waals surface area contributed by atoms with Gasteiger partial charge in [-0.1, -0.05) is 13.8 Å². The number of guanidine groups is 1. The zero-order valence-electron chi connectivity index (χ0n) is 11.0. The average molecular weight is 354 g/mol. The van der Waals surface area contributed by atoms with Gasteiger partial charge in [0.05, 0.1) is 4.47 Å². The normalized spacial score (nSPS) is 12.7. The van der Waals surface area contributed by atoms with Crippen molar-refractivity contribution in [2.45, 2.75) is 20.2 Å². The average Bonchev–Trinajstić information content (AvgIpc) is 2.28. The van der Waals surface area contributed by atoms with E-state index in [0.29, 0.717) is 18.2 Å². The number of hydrogen-bond acceptors (Lipinski definition) is 2. The number of nitrogens with zero attached hydrogens (tertiary/aromatic N) is 1. The van der Waals surface area contributed by atoms with Gasteiger partial charge in [-0.05, 0) is 40.0 Å². The quantitative estimate of drug-likeness (QED) is 0.640. The molecule has 0 atom stereocenters. The second-order valence-electron chi connectivity index (χ2n) is 4.44. The molecule has 3 N–H and O–H groups in total. The van der Waals surface area contributed by atoms with E-state index in [4.69, 9.17) is 5.73 Å². The second kappa shape index (κ2) is 6.83. The Hall–Kier alpha value is -1.44. The minimum Gasteiger partial charge on any atom is -0.405 e. The first-order chi connectivity index (χ1) is 9.17. The van der Waals surface area contributed by atoms with Crippen LogP contribution in [0.5, 0.6) is 5.75 Å². The maximum Gasteiger partial charge on any atom is 0.573 e. The van der Waals surface area contributed by atoms with Gasteiger partial charge in [-0.25, -0.2) is 0 Å². The summed E-state index contributed by atoms with van der Waals surface area (Å²) in [7, 11) is 0. The monoisotopic (exact) mass is 353 g/mol. The number of anilines is 1. The zero-order valence-corrected chi connectivity index (χ0v) is 12.5. The van der Waals surface area contributed by atoms with Gasteiger partial charge in [-0.15, -0.1) is 13.2 Å². The lowest BCUT2D eigenvalue weighted by atomic mass is 10.2. The summed E-state index contributed by atoms with van der Waals surface area (Å²) in [6, 6.07) is 4.04. The molecule has 1 aromatic carbocycles. The summed E-state index contributed by atoms with van der Waals surface area (Å²) < 4.78 is 40.3. The molecule has 0 saturated heterocycles. The van der Waals surface area contributed by atoms with E-state index in [9.17, 15) is 13.2 Å². The largest absolute Gasteiger partial charge is 0.573 e. The lowest BCUT2D eigenvalue weighted by Crippen LogP contribution is -2.23. The number of ether oxygens (including phenoxy) is 1. The van der Waals surface area contributed by atoms with Crippen LogP contribution in [0.2, 0.25) is 0 Å². The van der Waals surface area contributed by atoms with Crippen molar-refractivity contribution in [3.05, 3.63) is 22.7 Å². The van der Waals surface area contributed by atoms with Gasteiger partial charge in [0.15, 0.2) is 5.96 Å². The van der Waals surface area contributed by atoms with E-state index in [-0.39, 0.29) is 16.2 Å². The summed E-state index contributed by atoms with van der Waals surface area (Å²) in [5.41, 5.74) is 6.17. The molecular weight excluding hydrogens is 339 g/mol. The Morgan fingerprint density at radius 3 is 2.60 bits per heavy atom. The van der Waals surface area contributed by atoms with Crippen molar-refractivity contribution in [2.24, 2.45) is 16.6 Å². The van der Waals surface area contributed by atoms with E-state index < -0.39 is 6.36 Å². The predicted molar refractivity (Wildman–Crippen MR) is 75.8 cm³/mol. The third-order valence-electron chi connectivity index (χ3n) is 2.06. The SMILES string of the molecule is CC(C)CN=C(N)Nc1ccc(OC(F)(F)F)c(Br)c1. The predicted octanol–water partition coefficient (Wildman–Crippen LogP) is 3.73. The molecule has 8 heteroatoms. The highest BCUT2D eigenvalue weighted by Gasteiger charge is 2.31. The summed E-state index contributed by atoms with van der Waals surface area (Å²) in [6.45, 7) is 4.56. The highest BCUT2D eigenvalue weighted by Crippen LogP contribution is 2.32. The topological polar surface area (TPSA) is 59.6 Å². The van der Waals surface area contributed by atoms with Crippen molar-refractivity contribution in [3.63, 3.8) is 0 Å². The van der Waals surface area contributed by atoms with Crippen LogP contribution >= 0.6 is 15.9 Å². The fourth-order valence-electron chi connectivity index (χ4n) is 1.25. The molecule has 0 bridgehead atoms. The van der Waals surface area contributed by atoms with Crippen LogP contribution in [0.4, 0.5) is 18.9 Å². The van der Waals surface area contributed by atoms with E-state index in [1.807, 2.05) is 13.8 Å². The van der Waals surface area contributed by atoms with Gasteiger partial charge in [0, 0.05) is 12.2 Å². The van der Waals surface area contributed by atoms with E-state index in [0.717, 1.165) is 0 Å². The summed E-state index contributed by atoms with van der Waals surface area (Å²) in [5.74, 6) is 0.250. The number of nitrogens with one attached hydrogen (secondary N) is 1. The number of benzene rings is 1. The van der Waals surface area contributed by atoms with Crippen molar-refractivity contribution in [2.75, 3.05) is 11.9 Å². The molecule has 1 rings (SSSR count). The zero-order chi connectivity index (χ0) is 15.3. The minimum absolute atomic E-state index is 0.163. The number of hydrogen-bond donors (Lipinski definition) is 2. The summed E-state index contributed by atoms with van der Waals surface area (Å²) in [4.78, 5) is 4.09. The summed E-state index contributed by atoms with van der Waals surface area (Å²) >= 11 is 3.01. The summed E-state index contributed by atoms with van der Waals surface area (Å²) in [5, 5.41) is 2.79. The molecule has 0 radical (unpaired) electrons. The van der Waals surface area contributed by atoms with Gasteiger partial charge < -0.3 is 15.8 Å². The lowest BCUT2D eigenvalue weighted by Gasteiger charge is -2.12. The maximum atomic E-state index is 12.1. The molecule has 0 fully saturated rings. The Morgan fingerprint density at radius 1 is 1.45 bits per heavy atom. The van der Waals surface area contributed by atoms with Crippen molar-refractivity contribution in [3.8, 4) is 5.75 Å². The number of rotatable bonds is 4. The third-order valence-corrected chi connectivity index (χ3v) is 2.68. The molecule has 0 heterocycles. The van der Waals surface area contributed by atoms with Gasteiger partial charge in [0.2, 0.25) is 0 Å². The molecule has 4 nitrogen and oxygen atoms in total. The number of nitrogens with two attached hydrogens (primary N) is 1. The van der Waals surface area contributed by atoms with Crippen LogP contribution in [-0.4, -0.2) is 18.9 Å². The molecule has 0 unspecified atom stereocenters. The molecule has 112 valence electrons.